The van der Waals surface area contributed by atoms with E-state index >= 15 is 0 Å². The fourth-order valence-corrected chi connectivity index (χ4v) is 0.987. The molecule has 0 aromatic carbocycles. The van der Waals surface area contributed by atoms with Crippen LogP contribution in [0, 0.1) is 6.92 Å². The molecular formula is C9H9N3. The van der Waals surface area contributed by atoms with Crippen molar-refractivity contribution in [2.45, 2.75) is 6.92 Å². The lowest BCUT2D eigenvalue weighted by atomic mass is 10.4. The summed E-state index contributed by atoms with van der Waals surface area (Å²) in [6.45, 7) is 1.97. The Morgan fingerprint density at radius 2 is 1.67 bits per heavy atom. The van der Waals surface area contributed by atoms with Crippen LogP contribution in [0.3, 0.4) is 0 Å². The van der Waals surface area contributed by atoms with Crippen LogP contribution in [0.5, 0.6) is 0 Å². The quantitative estimate of drug-likeness (QED) is 0.632. The molecule has 0 saturated carbocycles. The van der Waals surface area contributed by atoms with Gasteiger partial charge in [0.2, 0.25) is 5.95 Å². The Bertz CT molecular complexity index is 348. The summed E-state index contributed by atoms with van der Waals surface area (Å²) >= 11 is 0. The lowest BCUT2D eigenvalue weighted by Gasteiger charge is -1.98. The fourth-order valence-electron chi connectivity index (χ4n) is 0.987. The standard InChI is InChI=1S/C9H9N3/c1-8-6-10-9(11-7-8)12-4-2-3-5-12/h2-7H,1H3. The average Bonchev–Trinajstić information content (AvgIpc) is 2.58. The van der Waals surface area contributed by atoms with Crippen LogP contribution in [0.15, 0.2) is 36.9 Å². The SMILES string of the molecule is Cc1cnc(-n2cccc2)nc1. The molecule has 0 unspecified atom stereocenters. The van der Waals surface area contributed by atoms with Gasteiger partial charge >= 0.3 is 0 Å². The van der Waals surface area contributed by atoms with E-state index in [1.54, 1.807) is 0 Å². The van der Waals surface area contributed by atoms with Crippen LogP contribution in [0.25, 0.3) is 5.95 Å². The second kappa shape index (κ2) is 2.77. The van der Waals surface area contributed by atoms with Crippen molar-refractivity contribution in [1.29, 1.82) is 0 Å². The van der Waals surface area contributed by atoms with E-state index in [0.29, 0.717) is 5.95 Å². The van der Waals surface area contributed by atoms with E-state index in [1.165, 1.54) is 0 Å². The van der Waals surface area contributed by atoms with Crippen molar-refractivity contribution in [1.82, 2.24) is 14.5 Å². The maximum absolute atomic E-state index is 4.17. The van der Waals surface area contributed by atoms with Gasteiger partial charge in [0.15, 0.2) is 0 Å². The molecule has 3 heteroatoms. The first kappa shape index (κ1) is 7.03. The first-order valence-corrected chi connectivity index (χ1v) is 3.78. The third kappa shape index (κ3) is 1.21. The summed E-state index contributed by atoms with van der Waals surface area (Å²) in [7, 11) is 0. The van der Waals surface area contributed by atoms with Crippen LogP contribution < -0.4 is 0 Å². The van der Waals surface area contributed by atoms with Crippen LogP contribution in [0.2, 0.25) is 0 Å². The molecule has 0 saturated heterocycles. The molecule has 0 atom stereocenters. The van der Waals surface area contributed by atoms with Gasteiger partial charge in [-0.05, 0) is 24.6 Å². The van der Waals surface area contributed by atoms with E-state index in [4.69, 9.17) is 0 Å². The number of rotatable bonds is 1. The Hall–Kier alpha value is -1.64. The lowest BCUT2D eigenvalue weighted by Crippen LogP contribution is -1.97. The zero-order valence-electron chi connectivity index (χ0n) is 6.81. The molecule has 2 heterocycles. The molecule has 0 aliphatic carbocycles. The Morgan fingerprint density at radius 1 is 1.08 bits per heavy atom. The summed E-state index contributed by atoms with van der Waals surface area (Å²) in [4.78, 5) is 8.35. The van der Waals surface area contributed by atoms with Crippen LogP contribution in [0.4, 0.5) is 0 Å². The summed E-state index contributed by atoms with van der Waals surface area (Å²) in [5.41, 5.74) is 1.07. The van der Waals surface area contributed by atoms with Gasteiger partial charge in [-0.2, -0.15) is 0 Å². The molecule has 0 aliphatic heterocycles. The normalized spacial score (nSPS) is 10.1. The molecule has 3 nitrogen and oxygen atoms in total. The van der Waals surface area contributed by atoms with Crippen LogP contribution in [-0.2, 0) is 0 Å². The van der Waals surface area contributed by atoms with Gasteiger partial charge in [-0.25, -0.2) is 9.97 Å². The highest BCUT2D eigenvalue weighted by Crippen LogP contribution is 2.00. The predicted octanol–water partition coefficient (Wildman–Crippen LogP) is 1.58. The van der Waals surface area contributed by atoms with E-state index in [0.717, 1.165) is 5.56 Å². The number of hydrogen-bond acceptors (Lipinski definition) is 2. The molecule has 2 aromatic heterocycles. The van der Waals surface area contributed by atoms with Crippen LogP contribution in [-0.4, -0.2) is 14.5 Å². The third-order valence-corrected chi connectivity index (χ3v) is 1.60. The van der Waals surface area contributed by atoms with Gasteiger partial charge < -0.3 is 0 Å². The second-order valence-corrected chi connectivity index (χ2v) is 2.65. The van der Waals surface area contributed by atoms with Crippen LogP contribution >= 0.6 is 0 Å². The van der Waals surface area contributed by atoms with Crippen LogP contribution in [0.1, 0.15) is 5.56 Å². The minimum atomic E-state index is 0.714. The fraction of sp³-hybridized carbons (Fsp3) is 0.111. The maximum atomic E-state index is 4.17. The van der Waals surface area contributed by atoms with Gasteiger partial charge in [-0.15, -0.1) is 0 Å². The van der Waals surface area contributed by atoms with Crippen molar-refractivity contribution in [2.24, 2.45) is 0 Å². The summed E-state index contributed by atoms with van der Waals surface area (Å²) in [6.07, 6.45) is 7.46. The van der Waals surface area contributed by atoms with Crippen molar-refractivity contribution in [3.05, 3.63) is 42.5 Å². The van der Waals surface area contributed by atoms with Crippen molar-refractivity contribution in [3.63, 3.8) is 0 Å². The van der Waals surface area contributed by atoms with Gasteiger partial charge in [0.1, 0.15) is 0 Å². The molecule has 2 rings (SSSR count). The molecule has 0 amide bonds. The Kier molecular flexibility index (Phi) is 1.63. The maximum Gasteiger partial charge on any atom is 0.233 e. The van der Waals surface area contributed by atoms with Gasteiger partial charge in [0, 0.05) is 24.8 Å². The molecule has 0 aliphatic rings. The van der Waals surface area contributed by atoms with Gasteiger partial charge in [-0.3, -0.25) is 4.57 Å². The van der Waals surface area contributed by atoms with Gasteiger partial charge in [0.05, 0.1) is 0 Å². The number of aromatic nitrogens is 3. The third-order valence-electron chi connectivity index (χ3n) is 1.60. The molecule has 12 heavy (non-hydrogen) atoms. The summed E-state index contributed by atoms with van der Waals surface area (Å²) in [6, 6.07) is 3.90. The van der Waals surface area contributed by atoms with Crippen molar-refractivity contribution < 1.29 is 0 Å². The van der Waals surface area contributed by atoms with E-state index in [2.05, 4.69) is 9.97 Å². The van der Waals surface area contributed by atoms with E-state index < -0.39 is 0 Å². The zero-order chi connectivity index (χ0) is 8.39. The average molecular weight is 159 g/mol. The predicted molar refractivity (Wildman–Crippen MR) is 46.1 cm³/mol. The van der Waals surface area contributed by atoms with Crippen molar-refractivity contribution in [3.8, 4) is 5.95 Å². The van der Waals surface area contributed by atoms with Crippen molar-refractivity contribution in [2.75, 3.05) is 0 Å². The minimum absolute atomic E-state index is 0.714. The molecule has 60 valence electrons. The topological polar surface area (TPSA) is 30.7 Å². The largest absolute Gasteiger partial charge is 0.293 e. The van der Waals surface area contributed by atoms with Crippen molar-refractivity contribution >= 4 is 0 Å². The number of hydrogen-bond donors (Lipinski definition) is 0. The molecule has 0 bridgehead atoms. The summed E-state index contributed by atoms with van der Waals surface area (Å²) in [5.74, 6) is 0.714. The molecular weight excluding hydrogens is 150 g/mol. The monoisotopic (exact) mass is 159 g/mol. The molecule has 0 spiro atoms. The molecule has 0 N–H and O–H groups in total. The first-order chi connectivity index (χ1) is 5.86. The molecule has 0 fully saturated rings. The Balaban J connectivity index is 2.43. The minimum Gasteiger partial charge on any atom is -0.293 e. The zero-order valence-corrected chi connectivity index (χ0v) is 6.81. The molecule has 0 radical (unpaired) electrons. The highest BCUT2D eigenvalue weighted by Gasteiger charge is 1.95. The Morgan fingerprint density at radius 3 is 2.25 bits per heavy atom. The van der Waals surface area contributed by atoms with Gasteiger partial charge in [0.25, 0.3) is 0 Å². The Labute approximate surface area is 70.7 Å². The van der Waals surface area contributed by atoms with E-state index in [9.17, 15) is 0 Å². The smallest absolute Gasteiger partial charge is 0.233 e. The number of aryl methyl sites for hydroxylation is 1. The summed E-state index contributed by atoms with van der Waals surface area (Å²) < 4.78 is 1.87. The summed E-state index contributed by atoms with van der Waals surface area (Å²) in [5, 5.41) is 0. The second-order valence-electron chi connectivity index (χ2n) is 2.65. The number of nitrogens with zero attached hydrogens (tertiary/aromatic N) is 3. The van der Waals surface area contributed by atoms with E-state index in [1.807, 2.05) is 48.4 Å². The van der Waals surface area contributed by atoms with Gasteiger partial charge in [-0.1, -0.05) is 0 Å². The first-order valence-electron chi connectivity index (χ1n) is 3.78. The molecule has 2 aromatic rings. The highest BCUT2D eigenvalue weighted by atomic mass is 15.1. The van der Waals surface area contributed by atoms with E-state index in [-0.39, 0.29) is 0 Å². The highest BCUT2D eigenvalue weighted by molar-refractivity contribution is 5.15. The lowest BCUT2D eigenvalue weighted by molar-refractivity contribution is 0.927.